The number of benzene rings is 2. The summed E-state index contributed by atoms with van der Waals surface area (Å²) in [7, 11) is 0. The van der Waals surface area contributed by atoms with Gasteiger partial charge in [0.2, 0.25) is 5.95 Å². The van der Waals surface area contributed by atoms with E-state index in [9.17, 15) is 0 Å². The summed E-state index contributed by atoms with van der Waals surface area (Å²) in [6, 6.07) is 17.3. The van der Waals surface area contributed by atoms with E-state index in [1.165, 1.54) is 11.3 Å². The van der Waals surface area contributed by atoms with Crippen molar-refractivity contribution in [3.63, 3.8) is 0 Å². The molecule has 1 saturated carbocycles. The maximum atomic E-state index is 6.17. The lowest BCUT2D eigenvalue weighted by Crippen LogP contribution is -2.36. The predicted octanol–water partition coefficient (Wildman–Crippen LogP) is 4.90. The largest absolute Gasteiger partial charge is 0.378 e. The molecule has 0 bridgehead atoms. The second-order valence-electron chi connectivity index (χ2n) is 10.4. The van der Waals surface area contributed by atoms with Crippen LogP contribution in [0.4, 0.5) is 17.3 Å². The molecule has 3 heterocycles. The Morgan fingerprint density at radius 1 is 0.973 bits per heavy atom. The van der Waals surface area contributed by atoms with Crippen LogP contribution in [0.3, 0.4) is 0 Å². The number of nitrogens with zero attached hydrogens (tertiary/aromatic N) is 5. The van der Waals surface area contributed by atoms with Crippen LogP contribution in [-0.2, 0) is 11.3 Å². The predicted molar refractivity (Wildman–Crippen MR) is 148 cm³/mol. The van der Waals surface area contributed by atoms with Crippen LogP contribution in [0.15, 0.2) is 54.7 Å². The van der Waals surface area contributed by atoms with Crippen molar-refractivity contribution in [3.05, 3.63) is 60.3 Å². The lowest BCUT2D eigenvalue weighted by atomic mass is 9.86. The maximum absolute atomic E-state index is 6.17. The van der Waals surface area contributed by atoms with Crippen molar-refractivity contribution in [2.45, 2.75) is 45.2 Å². The molecule has 8 nitrogen and oxygen atoms in total. The van der Waals surface area contributed by atoms with E-state index in [-0.39, 0.29) is 0 Å². The topological polar surface area (TPSA) is 94.1 Å². The molecule has 0 radical (unpaired) electrons. The van der Waals surface area contributed by atoms with Gasteiger partial charge >= 0.3 is 0 Å². The molecular formula is C29H35N7O. The van der Waals surface area contributed by atoms with Gasteiger partial charge in [-0.1, -0.05) is 29.8 Å². The molecule has 4 aromatic rings. The zero-order valence-electron chi connectivity index (χ0n) is 21.4. The molecule has 3 N–H and O–H groups in total. The van der Waals surface area contributed by atoms with Gasteiger partial charge in [0.25, 0.3) is 0 Å². The minimum Gasteiger partial charge on any atom is -0.378 e. The first-order chi connectivity index (χ1) is 18.1. The summed E-state index contributed by atoms with van der Waals surface area (Å²) < 4.78 is 7.59. The highest BCUT2D eigenvalue weighted by Crippen LogP contribution is 2.32. The molecule has 2 aromatic carbocycles. The van der Waals surface area contributed by atoms with Gasteiger partial charge in [-0.3, -0.25) is 0 Å². The number of hydrogen-bond acceptors (Lipinski definition) is 7. The molecule has 0 spiro atoms. The van der Waals surface area contributed by atoms with Gasteiger partial charge < -0.3 is 20.7 Å². The third kappa shape index (κ3) is 5.31. The lowest BCUT2D eigenvalue weighted by molar-refractivity contribution is 0.122. The summed E-state index contributed by atoms with van der Waals surface area (Å²) in [5.74, 6) is 1.14. The van der Waals surface area contributed by atoms with Crippen molar-refractivity contribution < 1.29 is 4.74 Å². The molecule has 2 aliphatic rings. The summed E-state index contributed by atoms with van der Waals surface area (Å²) in [6.07, 6.45) is 6.32. The number of ether oxygens (including phenoxy) is 1. The first-order valence-corrected chi connectivity index (χ1v) is 13.4. The first kappa shape index (κ1) is 23.9. The SMILES string of the molecule is Cc1ccc(Nc2ncc3c(-c4ccc(N5CCOCC5)cc4)nn(C[C@H]4CC[C@H](N)CC4)c3n2)cc1. The van der Waals surface area contributed by atoms with Gasteiger partial charge in [-0.15, -0.1) is 0 Å². The van der Waals surface area contributed by atoms with Crippen molar-refractivity contribution in [2.75, 3.05) is 36.5 Å². The molecule has 37 heavy (non-hydrogen) atoms. The van der Waals surface area contributed by atoms with Gasteiger partial charge in [-0.2, -0.15) is 10.1 Å². The highest BCUT2D eigenvalue weighted by Gasteiger charge is 2.22. The second-order valence-corrected chi connectivity index (χ2v) is 10.4. The van der Waals surface area contributed by atoms with Gasteiger partial charge in [0, 0.05) is 48.8 Å². The number of nitrogens with one attached hydrogen (secondary N) is 1. The molecule has 1 aliphatic heterocycles. The molecule has 2 fully saturated rings. The molecular weight excluding hydrogens is 462 g/mol. The highest BCUT2D eigenvalue weighted by molar-refractivity contribution is 5.91. The minimum atomic E-state index is 0.332. The van der Waals surface area contributed by atoms with Crippen molar-refractivity contribution in [1.29, 1.82) is 0 Å². The number of fused-ring (bicyclic) bond motifs is 1. The van der Waals surface area contributed by atoms with Gasteiger partial charge in [-0.25, -0.2) is 9.67 Å². The van der Waals surface area contributed by atoms with E-state index in [1.807, 2.05) is 18.3 Å². The smallest absolute Gasteiger partial charge is 0.229 e. The van der Waals surface area contributed by atoms with Crippen LogP contribution in [-0.4, -0.2) is 52.1 Å². The summed E-state index contributed by atoms with van der Waals surface area (Å²) in [4.78, 5) is 12.0. The van der Waals surface area contributed by atoms with E-state index in [1.54, 1.807) is 0 Å². The number of aryl methyl sites for hydroxylation is 1. The Morgan fingerprint density at radius 2 is 1.70 bits per heavy atom. The van der Waals surface area contributed by atoms with Crippen LogP contribution in [0.1, 0.15) is 31.2 Å². The van der Waals surface area contributed by atoms with Gasteiger partial charge in [0.15, 0.2) is 5.65 Å². The normalized spacial score (nSPS) is 20.3. The number of anilines is 3. The monoisotopic (exact) mass is 497 g/mol. The zero-order chi connectivity index (χ0) is 25.2. The van der Waals surface area contributed by atoms with Crippen LogP contribution in [0, 0.1) is 12.8 Å². The molecule has 1 saturated heterocycles. The summed E-state index contributed by atoms with van der Waals surface area (Å²) in [5.41, 5.74) is 12.4. The minimum absolute atomic E-state index is 0.332. The lowest BCUT2D eigenvalue weighted by Gasteiger charge is -2.28. The van der Waals surface area contributed by atoms with Gasteiger partial charge in [0.1, 0.15) is 5.69 Å². The average Bonchev–Trinajstić information content (AvgIpc) is 3.29. The quantitative estimate of drug-likeness (QED) is 0.391. The number of nitrogens with two attached hydrogens (primary N) is 1. The van der Waals surface area contributed by atoms with Crippen LogP contribution >= 0.6 is 0 Å². The van der Waals surface area contributed by atoms with Crippen molar-refractivity contribution in [3.8, 4) is 11.3 Å². The van der Waals surface area contributed by atoms with E-state index in [0.29, 0.717) is 17.9 Å². The van der Waals surface area contributed by atoms with Gasteiger partial charge in [0.05, 0.1) is 18.6 Å². The molecule has 6 rings (SSSR count). The van der Waals surface area contributed by atoms with Crippen molar-refractivity contribution in [1.82, 2.24) is 19.7 Å². The Bertz CT molecular complexity index is 1340. The fourth-order valence-corrected chi connectivity index (χ4v) is 5.39. The summed E-state index contributed by atoms with van der Waals surface area (Å²) in [6.45, 7) is 6.32. The van der Waals surface area contributed by atoms with Crippen molar-refractivity contribution in [2.24, 2.45) is 11.7 Å². The standard InChI is InChI=1S/C29H35N7O/c1-20-2-10-24(11-3-20)32-29-31-18-26-27(22-6-12-25(13-7-22)35-14-16-37-17-15-35)34-36(28(26)33-29)19-21-4-8-23(30)9-5-21/h2-3,6-7,10-13,18,21,23H,4-5,8-9,14-17,19,30H2,1H3,(H,31,32,33)/t21-,23-. The number of rotatable bonds is 6. The Morgan fingerprint density at radius 3 is 2.43 bits per heavy atom. The highest BCUT2D eigenvalue weighted by atomic mass is 16.5. The maximum Gasteiger partial charge on any atom is 0.229 e. The molecule has 192 valence electrons. The third-order valence-corrected chi connectivity index (χ3v) is 7.64. The van der Waals surface area contributed by atoms with E-state index in [4.69, 9.17) is 20.6 Å². The molecule has 1 aliphatic carbocycles. The van der Waals surface area contributed by atoms with Crippen LogP contribution < -0.4 is 16.0 Å². The Labute approximate surface area is 217 Å². The third-order valence-electron chi connectivity index (χ3n) is 7.64. The molecule has 0 amide bonds. The van der Waals surface area contributed by atoms with Crippen LogP contribution in [0.5, 0.6) is 0 Å². The zero-order valence-corrected chi connectivity index (χ0v) is 21.4. The number of hydrogen-bond donors (Lipinski definition) is 2. The molecule has 2 aromatic heterocycles. The van der Waals surface area contributed by atoms with E-state index >= 15 is 0 Å². The Balaban J connectivity index is 1.33. The fraction of sp³-hybridized carbons (Fsp3) is 0.414. The molecule has 0 atom stereocenters. The fourth-order valence-electron chi connectivity index (χ4n) is 5.39. The van der Waals surface area contributed by atoms with E-state index in [2.05, 4.69) is 63.2 Å². The van der Waals surface area contributed by atoms with E-state index < -0.39 is 0 Å². The second kappa shape index (κ2) is 10.5. The summed E-state index contributed by atoms with van der Waals surface area (Å²) in [5, 5.41) is 9.43. The average molecular weight is 498 g/mol. The van der Waals surface area contributed by atoms with Gasteiger partial charge in [-0.05, 0) is 62.8 Å². The van der Waals surface area contributed by atoms with Crippen LogP contribution in [0.2, 0.25) is 0 Å². The number of aromatic nitrogens is 4. The van der Waals surface area contributed by atoms with Crippen LogP contribution in [0.25, 0.3) is 22.3 Å². The van der Waals surface area contributed by atoms with E-state index in [0.717, 1.165) is 86.5 Å². The molecule has 8 heteroatoms. The first-order valence-electron chi connectivity index (χ1n) is 13.4. The molecule has 0 unspecified atom stereocenters. The summed E-state index contributed by atoms with van der Waals surface area (Å²) >= 11 is 0. The Kier molecular flexibility index (Phi) is 6.76. The Hall–Kier alpha value is -3.49. The van der Waals surface area contributed by atoms with Crippen molar-refractivity contribution >= 4 is 28.4 Å². The number of morpholine rings is 1.